The van der Waals surface area contributed by atoms with Crippen LogP contribution in [0.2, 0.25) is 0 Å². The van der Waals surface area contributed by atoms with E-state index in [0.717, 1.165) is 5.75 Å². The predicted molar refractivity (Wildman–Crippen MR) is 52.7 cm³/mol. The van der Waals surface area contributed by atoms with Crippen LogP contribution in [0.3, 0.4) is 0 Å². The van der Waals surface area contributed by atoms with Crippen molar-refractivity contribution in [1.29, 1.82) is 4.78 Å². The van der Waals surface area contributed by atoms with Gasteiger partial charge in [-0.25, -0.2) is 8.99 Å². The molecule has 1 rings (SSSR count). The quantitative estimate of drug-likeness (QED) is 0.810. The van der Waals surface area contributed by atoms with Crippen LogP contribution in [0, 0.1) is 4.78 Å². The number of hydrogen-bond acceptors (Lipinski definition) is 3. The zero-order chi connectivity index (χ0) is 9.90. The van der Waals surface area contributed by atoms with E-state index in [1.54, 1.807) is 38.3 Å². The molecule has 0 fully saturated rings. The van der Waals surface area contributed by atoms with E-state index in [1.165, 1.54) is 0 Å². The Labute approximate surface area is 78.7 Å². The fraction of sp³-hybridized carbons (Fsp3) is 0.333. The normalized spacial score (nSPS) is 14.9. The molecule has 0 bridgehead atoms. The molecule has 1 aromatic rings. The Bertz CT molecular complexity index is 367. The maximum atomic E-state index is 11.6. The molecule has 1 aromatic carbocycles. The topological polar surface area (TPSA) is 50.2 Å². The van der Waals surface area contributed by atoms with Crippen molar-refractivity contribution in [2.45, 2.75) is 11.8 Å². The van der Waals surface area contributed by atoms with Gasteiger partial charge in [-0.3, -0.25) is 0 Å². The Morgan fingerprint density at radius 2 is 1.92 bits per heavy atom. The van der Waals surface area contributed by atoms with Gasteiger partial charge in [0.1, 0.15) is 5.75 Å². The number of hydrogen-bond donors (Lipinski definition) is 1. The van der Waals surface area contributed by atoms with Crippen LogP contribution in [0.1, 0.15) is 6.92 Å². The number of rotatable bonds is 3. The van der Waals surface area contributed by atoms with Gasteiger partial charge in [-0.15, -0.1) is 0 Å². The van der Waals surface area contributed by atoms with Crippen molar-refractivity contribution in [3.05, 3.63) is 24.3 Å². The van der Waals surface area contributed by atoms with Gasteiger partial charge in [-0.1, -0.05) is 6.92 Å². The second-order valence-corrected chi connectivity index (χ2v) is 5.04. The molecule has 1 N–H and O–H groups in total. The first-order valence-corrected chi connectivity index (χ1v) is 5.73. The highest BCUT2D eigenvalue weighted by atomic mass is 32.2. The lowest BCUT2D eigenvalue weighted by Crippen LogP contribution is -2.00. The van der Waals surface area contributed by atoms with Crippen molar-refractivity contribution in [2.75, 3.05) is 12.9 Å². The summed E-state index contributed by atoms with van der Waals surface area (Å²) >= 11 is 0. The molecule has 0 saturated carbocycles. The van der Waals surface area contributed by atoms with E-state index in [9.17, 15) is 4.21 Å². The number of methoxy groups -OCH3 is 1. The van der Waals surface area contributed by atoms with Gasteiger partial charge in [0.25, 0.3) is 0 Å². The van der Waals surface area contributed by atoms with Crippen LogP contribution < -0.4 is 4.74 Å². The summed E-state index contributed by atoms with van der Waals surface area (Å²) in [6.45, 7) is 1.75. The van der Waals surface area contributed by atoms with E-state index < -0.39 is 9.73 Å². The summed E-state index contributed by atoms with van der Waals surface area (Å²) in [6, 6.07) is 6.80. The van der Waals surface area contributed by atoms with Gasteiger partial charge in [-0.05, 0) is 24.3 Å². The smallest absolute Gasteiger partial charge is 0.118 e. The summed E-state index contributed by atoms with van der Waals surface area (Å²) in [6.07, 6.45) is 0. The fourth-order valence-corrected chi connectivity index (χ4v) is 1.87. The van der Waals surface area contributed by atoms with Gasteiger partial charge in [0.05, 0.1) is 16.8 Å². The minimum atomic E-state index is -2.58. The molecule has 3 nitrogen and oxygen atoms in total. The largest absolute Gasteiger partial charge is 0.497 e. The van der Waals surface area contributed by atoms with Crippen molar-refractivity contribution in [3.8, 4) is 5.75 Å². The van der Waals surface area contributed by atoms with Crippen molar-refractivity contribution < 1.29 is 8.95 Å². The molecular weight excluding hydrogens is 186 g/mol. The van der Waals surface area contributed by atoms with E-state index in [2.05, 4.69) is 0 Å². The third kappa shape index (κ3) is 2.21. The van der Waals surface area contributed by atoms with E-state index in [4.69, 9.17) is 9.52 Å². The first-order chi connectivity index (χ1) is 6.10. The molecule has 0 unspecified atom stereocenters. The summed E-state index contributed by atoms with van der Waals surface area (Å²) in [7, 11) is -1.00. The zero-order valence-electron chi connectivity index (χ0n) is 7.74. The van der Waals surface area contributed by atoms with E-state index in [1.807, 2.05) is 0 Å². The van der Waals surface area contributed by atoms with Gasteiger partial charge in [0.2, 0.25) is 0 Å². The Morgan fingerprint density at radius 1 is 1.38 bits per heavy atom. The van der Waals surface area contributed by atoms with Crippen LogP contribution in [-0.4, -0.2) is 17.1 Å². The summed E-state index contributed by atoms with van der Waals surface area (Å²) in [5, 5.41) is 0. The average Bonchev–Trinajstić information content (AvgIpc) is 2.18. The van der Waals surface area contributed by atoms with Crippen LogP contribution in [-0.2, 0) is 9.73 Å². The molecule has 0 aliphatic carbocycles. The minimum absolute atomic E-state index is 0.347. The maximum Gasteiger partial charge on any atom is 0.118 e. The Kier molecular flexibility index (Phi) is 2.93. The average molecular weight is 199 g/mol. The van der Waals surface area contributed by atoms with Gasteiger partial charge in [0, 0.05) is 10.6 Å². The third-order valence-electron chi connectivity index (χ3n) is 1.85. The van der Waals surface area contributed by atoms with E-state index in [0.29, 0.717) is 10.6 Å². The molecule has 13 heavy (non-hydrogen) atoms. The van der Waals surface area contributed by atoms with Crippen molar-refractivity contribution in [2.24, 2.45) is 0 Å². The molecule has 0 amide bonds. The van der Waals surface area contributed by atoms with E-state index >= 15 is 0 Å². The second-order valence-electron chi connectivity index (χ2n) is 2.64. The SMILES string of the molecule is CC[S@](=N)(=O)c1ccc(OC)cc1. The Balaban J connectivity index is 3.06. The highest BCUT2D eigenvalue weighted by Gasteiger charge is 2.06. The molecule has 72 valence electrons. The van der Waals surface area contributed by atoms with Crippen LogP contribution in [0.25, 0.3) is 0 Å². The van der Waals surface area contributed by atoms with Crippen molar-refractivity contribution in [1.82, 2.24) is 0 Å². The molecule has 0 heterocycles. The third-order valence-corrected chi connectivity index (χ3v) is 3.69. The van der Waals surface area contributed by atoms with Crippen LogP contribution >= 0.6 is 0 Å². The lowest BCUT2D eigenvalue weighted by Gasteiger charge is -2.05. The van der Waals surface area contributed by atoms with Gasteiger partial charge in [-0.2, -0.15) is 0 Å². The molecule has 0 saturated heterocycles. The number of ether oxygens (including phenoxy) is 1. The maximum absolute atomic E-state index is 11.6. The van der Waals surface area contributed by atoms with E-state index in [-0.39, 0.29) is 0 Å². The first-order valence-electron chi connectivity index (χ1n) is 4.00. The number of benzene rings is 1. The Hall–Kier alpha value is -1.03. The van der Waals surface area contributed by atoms with Gasteiger partial charge < -0.3 is 4.74 Å². The summed E-state index contributed by atoms with van der Waals surface area (Å²) in [5.74, 6) is 1.06. The molecule has 0 aliphatic heterocycles. The van der Waals surface area contributed by atoms with Gasteiger partial charge in [0.15, 0.2) is 0 Å². The van der Waals surface area contributed by atoms with Crippen molar-refractivity contribution in [3.63, 3.8) is 0 Å². The Morgan fingerprint density at radius 3 is 2.31 bits per heavy atom. The predicted octanol–water partition coefficient (Wildman–Crippen LogP) is 2.12. The fourth-order valence-electron chi connectivity index (χ4n) is 0.962. The number of nitrogens with one attached hydrogen (secondary N) is 1. The monoisotopic (exact) mass is 199 g/mol. The molecule has 1 atom stereocenters. The zero-order valence-corrected chi connectivity index (χ0v) is 8.56. The lowest BCUT2D eigenvalue weighted by molar-refractivity contribution is 0.414. The summed E-state index contributed by atoms with van der Waals surface area (Å²) < 4.78 is 24.1. The highest BCUT2D eigenvalue weighted by molar-refractivity contribution is 7.92. The molecular formula is C9H13NO2S. The standard InChI is InChI=1S/C9H13NO2S/c1-3-13(10,11)9-6-4-8(12-2)5-7-9/h4-7,10H,3H2,1-2H3/t13-/m0/s1. The van der Waals surface area contributed by atoms with Crippen LogP contribution in [0.5, 0.6) is 5.75 Å². The molecule has 0 spiro atoms. The molecule has 0 radical (unpaired) electrons. The molecule has 0 aromatic heterocycles. The van der Waals surface area contributed by atoms with Crippen LogP contribution in [0.4, 0.5) is 0 Å². The molecule has 0 aliphatic rings. The first kappa shape index (κ1) is 10.1. The highest BCUT2D eigenvalue weighted by Crippen LogP contribution is 2.16. The summed E-state index contributed by atoms with van der Waals surface area (Å²) in [5.41, 5.74) is 0. The molecule has 4 heteroatoms. The summed E-state index contributed by atoms with van der Waals surface area (Å²) in [4.78, 5) is 0.566. The van der Waals surface area contributed by atoms with Gasteiger partial charge >= 0.3 is 0 Å². The lowest BCUT2D eigenvalue weighted by atomic mass is 10.3. The second kappa shape index (κ2) is 3.79. The minimum Gasteiger partial charge on any atom is -0.497 e. The van der Waals surface area contributed by atoms with Crippen LogP contribution in [0.15, 0.2) is 29.2 Å². The van der Waals surface area contributed by atoms with Crippen molar-refractivity contribution >= 4 is 9.73 Å².